The summed E-state index contributed by atoms with van der Waals surface area (Å²) in [6.07, 6.45) is 0. The summed E-state index contributed by atoms with van der Waals surface area (Å²) in [5, 5.41) is 0. The molecule has 0 aliphatic heterocycles. The van der Waals surface area contributed by atoms with Gasteiger partial charge < -0.3 is 28.4 Å². The molecule has 0 saturated heterocycles. The summed E-state index contributed by atoms with van der Waals surface area (Å²) in [7, 11) is 0. The molecular formula is C19H29ClO7. The first-order valence-electron chi connectivity index (χ1n) is 9.01. The summed E-state index contributed by atoms with van der Waals surface area (Å²) in [5.41, 5.74) is 0.533. The monoisotopic (exact) mass is 404 g/mol. The van der Waals surface area contributed by atoms with Gasteiger partial charge in [-0.05, 0) is 12.1 Å². The number of hydrogen-bond donors (Lipinski definition) is 0. The third kappa shape index (κ3) is 14.5. The van der Waals surface area contributed by atoms with Crippen LogP contribution in [0.3, 0.4) is 0 Å². The normalized spacial score (nSPS) is 10.9. The van der Waals surface area contributed by atoms with Crippen LogP contribution in [0.15, 0.2) is 30.3 Å². The molecule has 27 heavy (non-hydrogen) atoms. The Bertz CT molecular complexity index is 459. The summed E-state index contributed by atoms with van der Waals surface area (Å²) < 4.78 is 31.7. The van der Waals surface area contributed by atoms with Crippen LogP contribution in [0, 0.1) is 0 Å². The molecule has 1 aromatic rings. The average molecular weight is 405 g/mol. The topological polar surface area (TPSA) is 72.5 Å². The summed E-state index contributed by atoms with van der Waals surface area (Å²) in [4.78, 5) is 11.7. The molecule has 0 aliphatic carbocycles. The molecule has 0 aliphatic rings. The first kappa shape index (κ1) is 23.8. The van der Waals surface area contributed by atoms with E-state index >= 15 is 0 Å². The Labute approximate surface area is 165 Å². The number of hydrogen-bond acceptors (Lipinski definition) is 7. The summed E-state index contributed by atoms with van der Waals surface area (Å²) >= 11 is 5.48. The molecule has 154 valence electrons. The summed E-state index contributed by atoms with van der Waals surface area (Å²) in [5.74, 6) is 0.148. The van der Waals surface area contributed by atoms with E-state index in [-0.39, 0.29) is 12.6 Å². The van der Waals surface area contributed by atoms with Crippen LogP contribution in [-0.4, -0.2) is 84.5 Å². The molecule has 0 spiro atoms. The minimum Gasteiger partial charge on any atom is -0.460 e. The van der Waals surface area contributed by atoms with Gasteiger partial charge in [-0.25, -0.2) is 4.79 Å². The van der Waals surface area contributed by atoms with Gasteiger partial charge in [-0.2, -0.15) is 0 Å². The van der Waals surface area contributed by atoms with E-state index in [9.17, 15) is 4.79 Å². The number of benzene rings is 1. The van der Waals surface area contributed by atoms with E-state index < -0.39 is 0 Å². The fourth-order valence-electron chi connectivity index (χ4n) is 1.89. The number of ether oxygens (including phenoxy) is 6. The van der Waals surface area contributed by atoms with Crippen LogP contribution in [0.1, 0.15) is 10.4 Å². The minimum absolute atomic E-state index is 0.216. The molecule has 0 amide bonds. The van der Waals surface area contributed by atoms with Gasteiger partial charge >= 0.3 is 5.97 Å². The summed E-state index contributed by atoms with van der Waals surface area (Å²) in [6, 6.07) is 8.85. The molecule has 0 radical (unpaired) electrons. The molecule has 0 aromatic heterocycles. The first-order valence-corrected chi connectivity index (χ1v) is 9.55. The van der Waals surface area contributed by atoms with Gasteiger partial charge in [-0.3, -0.25) is 0 Å². The van der Waals surface area contributed by atoms with E-state index in [1.165, 1.54) is 0 Å². The highest BCUT2D eigenvalue weighted by atomic mass is 35.5. The van der Waals surface area contributed by atoms with Crippen molar-refractivity contribution in [3.05, 3.63) is 35.9 Å². The number of halogens is 1. The zero-order valence-corrected chi connectivity index (χ0v) is 16.4. The van der Waals surface area contributed by atoms with Crippen LogP contribution in [0.5, 0.6) is 0 Å². The zero-order chi connectivity index (χ0) is 19.4. The van der Waals surface area contributed by atoms with Crippen molar-refractivity contribution in [2.75, 3.05) is 78.6 Å². The lowest BCUT2D eigenvalue weighted by atomic mass is 10.2. The first-order chi connectivity index (χ1) is 13.3. The third-order valence-corrected chi connectivity index (χ3v) is 3.33. The second-order valence-corrected chi connectivity index (χ2v) is 5.63. The van der Waals surface area contributed by atoms with Gasteiger partial charge in [-0.15, -0.1) is 11.6 Å². The third-order valence-electron chi connectivity index (χ3n) is 3.18. The quantitative estimate of drug-likeness (QED) is 0.211. The van der Waals surface area contributed by atoms with Crippen molar-refractivity contribution in [1.82, 2.24) is 0 Å². The predicted molar refractivity (Wildman–Crippen MR) is 102 cm³/mol. The highest BCUT2D eigenvalue weighted by Crippen LogP contribution is 2.00. The van der Waals surface area contributed by atoms with E-state index in [1.54, 1.807) is 24.3 Å². The Morgan fingerprint density at radius 2 is 1.04 bits per heavy atom. The van der Waals surface area contributed by atoms with E-state index in [1.807, 2.05) is 6.07 Å². The molecule has 7 nitrogen and oxygen atoms in total. The highest BCUT2D eigenvalue weighted by Gasteiger charge is 2.04. The van der Waals surface area contributed by atoms with Crippen LogP contribution in [0.25, 0.3) is 0 Å². The lowest BCUT2D eigenvalue weighted by Gasteiger charge is -2.08. The molecule has 1 aromatic carbocycles. The molecule has 8 heteroatoms. The van der Waals surface area contributed by atoms with Crippen LogP contribution < -0.4 is 0 Å². The molecule has 1 rings (SSSR count). The van der Waals surface area contributed by atoms with Crippen molar-refractivity contribution in [3.63, 3.8) is 0 Å². The van der Waals surface area contributed by atoms with Crippen molar-refractivity contribution in [3.8, 4) is 0 Å². The van der Waals surface area contributed by atoms with E-state index in [4.69, 9.17) is 40.0 Å². The second-order valence-electron chi connectivity index (χ2n) is 5.25. The molecule has 0 N–H and O–H groups in total. The number of carbonyl (C=O) groups excluding carboxylic acids is 1. The maximum Gasteiger partial charge on any atom is 0.338 e. The second kappa shape index (κ2) is 18.2. The molecule has 0 bridgehead atoms. The van der Waals surface area contributed by atoms with Crippen molar-refractivity contribution in [1.29, 1.82) is 0 Å². The fourth-order valence-corrected chi connectivity index (χ4v) is 2.00. The molecule has 0 saturated carbocycles. The molecule has 0 fully saturated rings. The van der Waals surface area contributed by atoms with Crippen molar-refractivity contribution in [2.45, 2.75) is 0 Å². The fraction of sp³-hybridized carbons (Fsp3) is 0.632. The van der Waals surface area contributed by atoms with E-state index in [0.717, 1.165) is 0 Å². The van der Waals surface area contributed by atoms with E-state index in [2.05, 4.69) is 0 Å². The van der Waals surface area contributed by atoms with Crippen molar-refractivity contribution in [2.24, 2.45) is 0 Å². The number of rotatable bonds is 18. The SMILES string of the molecule is O=C(OCCOCCOCCOCCOCCOCCCl)c1ccccc1. The Hall–Kier alpha value is -1.22. The number of alkyl halides is 1. The lowest BCUT2D eigenvalue weighted by molar-refractivity contribution is -0.0145. The Morgan fingerprint density at radius 1 is 0.630 bits per heavy atom. The Morgan fingerprint density at radius 3 is 1.48 bits per heavy atom. The summed E-state index contributed by atoms with van der Waals surface area (Å²) in [6.45, 7) is 5.11. The van der Waals surface area contributed by atoms with Gasteiger partial charge in [0.15, 0.2) is 0 Å². The van der Waals surface area contributed by atoms with Gasteiger partial charge in [0.2, 0.25) is 0 Å². The molecule has 0 heterocycles. The van der Waals surface area contributed by atoms with Crippen molar-refractivity contribution >= 4 is 17.6 Å². The Balaban J connectivity index is 1.75. The van der Waals surface area contributed by atoms with Gasteiger partial charge in [-0.1, -0.05) is 18.2 Å². The zero-order valence-electron chi connectivity index (χ0n) is 15.6. The molecule has 0 atom stereocenters. The van der Waals surface area contributed by atoms with Crippen LogP contribution >= 0.6 is 11.6 Å². The highest BCUT2D eigenvalue weighted by molar-refractivity contribution is 6.17. The van der Waals surface area contributed by atoms with Gasteiger partial charge in [0, 0.05) is 5.88 Å². The van der Waals surface area contributed by atoms with Gasteiger partial charge in [0.05, 0.1) is 71.6 Å². The largest absolute Gasteiger partial charge is 0.460 e. The average Bonchev–Trinajstić information content (AvgIpc) is 2.70. The van der Waals surface area contributed by atoms with Crippen molar-refractivity contribution < 1.29 is 33.2 Å². The van der Waals surface area contributed by atoms with Gasteiger partial charge in [0.25, 0.3) is 0 Å². The maximum absolute atomic E-state index is 11.7. The predicted octanol–water partition coefficient (Wildman–Crippen LogP) is 2.17. The minimum atomic E-state index is -0.348. The van der Waals surface area contributed by atoms with Crippen LogP contribution in [0.2, 0.25) is 0 Å². The number of carbonyl (C=O) groups is 1. The Kier molecular flexibility index (Phi) is 16.0. The lowest BCUT2D eigenvalue weighted by Crippen LogP contribution is -2.15. The van der Waals surface area contributed by atoms with Gasteiger partial charge in [0.1, 0.15) is 6.61 Å². The van der Waals surface area contributed by atoms with Crippen LogP contribution in [-0.2, 0) is 28.4 Å². The molecular weight excluding hydrogens is 376 g/mol. The maximum atomic E-state index is 11.7. The number of esters is 1. The van der Waals surface area contributed by atoms with Crippen LogP contribution in [0.4, 0.5) is 0 Å². The smallest absolute Gasteiger partial charge is 0.338 e. The standard InChI is InChI=1S/C19H29ClO7/c20-6-7-22-8-9-23-10-11-24-12-13-25-14-15-26-16-17-27-19(21)18-4-2-1-3-5-18/h1-5H,6-17H2. The molecule has 0 unspecified atom stereocenters. The van der Waals surface area contributed by atoms with E-state index in [0.29, 0.717) is 77.5 Å².